The third-order valence-corrected chi connectivity index (χ3v) is 1.82. The van der Waals surface area contributed by atoms with Gasteiger partial charge < -0.3 is 20.7 Å². The maximum atomic E-state index is 9.39. The van der Waals surface area contributed by atoms with Crippen LogP contribution in [0.4, 0.5) is 0 Å². The van der Waals surface area contributed by atoms with Crippen molar-refractivity contribution < 1.29 is 14.9 Å². The summed E-state index contributed by atoms with van der Waals surface area (Å²) < 4.78 is 4.87. The van der Waals surface area contributed by atoms with Gasteiger partial charge in [0.15, 0.2) is 11.5 Å². The molecule has 0 fully saturated rings. The summed E-state index contributed by atoms with van der Waals surface area (Å²) in [5, 5.41) is 18.7. The fourth-order valence-electron chi connectivity index (χ4n) is 1.10. The van der Waals surface area contributed by atoms with Crippen molar-refractivity contribution in [1.29, 1.82) is 0 Å². The Bertz CT molecular complexity index is 310. The number of nitrogens with two attached hydrogens (primary N) is 1. The third-order valence-electron chi connectivity index (χ3n) is 1.82. The van der Waals surface area contributed by atoms with Crippen LogP contribution < -0.4 is 10.5 Å². The van der Waals surface area contributed by atoms with E-state index in [-0.39, 0.29) is 17.5 Å². The minimum Gasteiger partial charge on any atom is -0.507 e. The maximum Gasteiger partial charge on any atom is 0.161 e. The maximum absolute atomic E-state index is 9.39. The molecule has 0 aliphatic carbocycles. The molecule has 13 heavy (non-hydrogen) atoms. The van der Waals surface area contributed by atoms with Gasteiger partial charge in [-0.2, -0.15) is 0 Å². The van der Waals surface area contributed by atoms with E-state index in [4.69, 9.17) is 10.5 Å². The van der Waals surface area contributed by atoms with Crippen LogP contribution in [-0.2, 0) is 0 Å². The molecule has 1 unspecified atom stereocenters. The molecule has 0 aliphatic heterocycles. The lowest BCUT2D eigenvalue weighted by Crippen LogP contribution is -2.05. The number of benzene rings is 1. The lowest BCUT2D eigenvalue weighted by molar-refractivity contribution is 0.367. The van der Waals surface area contributed by atoms with Crippen LogP contribution in [-0.4, -0.2) is 17.3 Å². The second-order valence-corrected chi connectivity index (χ2v) is 2.87. The Labute approximate surface area is 76.6 Å². The van der Waals surface area contributed by atoms with Crippen LogP contribution in [0.2, 0.25) is 0 Å². The summed E-state index contributed by atoms with van der Waals surface area (Å²) in [5.74, 6) is 0.197. The number of hydrogen-bond donors (Lipinski definition) is 3. The van der Waals surface area contributed by atoms with Crippen molar-refractivity contribution in [3.05, 3.63) is 17.7 Å². The monoisotopic (exact) mass is 183 g/mol. The number of aromatic hydroxyl groups is 2. The molecule has 0 heterocycles. The molecule has 0 saturated heterocycles. The van der Waals surface area contributed by atoms with Crippen LogP contribution in [0.1, 0.15) is 18.5 Å². The van der Waals surface area contributed by atoms with E-state index >= 15 is 0 Å². The molecule has 0 radical (unpaired) electrons. The normalized spacial score (nSPS) is 12.5. The Balaban J connectivity index is 3.22. The summed E-state index contributed by atoms with van der Waals surface area (Å²) in [6.45, 7) is 1.74. The summed E-state index contributed by atoms with van der Waals surface area (Å²) in [6.07, 6.45) is 0. The molecule has 4 heteroatoms. The summed E-state index contributed by atoms with van der Waals surface area (Å²) in [6, 6.07) is 2.45. The highest BCUT2D eigenvalue weighted by molar-refractivity contribution is 5.50. The molecule has 4 N–H and O–H groups in total. The number of phenolic OH excluding ortho intramolecular Hbond substituents is 2. The van der Waals surface area contributed by atoms with E-state index in [1.165, 1.54) is 19.2 Å². The van der Waals surface area contributed by atoms with E-state index in [2.05, 4.69) is 0 Å². The first-order valence-corrected chi connectivity index (χ1v) is 3.91. The highest BCUT2D eigenvalue weighted by Crippen LogP contribution is 2.35. The molecule has 1 rings (SSSR count). The molecule has 0 bridgehead atoms. The lowest BCUT2D eigenvalue weighted by Gasteiger charge is -2.11. The molecule has 1 atom stereocenters. The predicted octanol–water partition coefficient (Wildman–Crippen LogP) is 1.13. The smallest absolute Gasteiger partial charge is 0.161 e. The highest BCUT2D eigenvalue weighted by Gasteiger charge is 2.11. The van der Waals surface area contributed by atoms with Crippen LogP contribution in [0.5, 0.6) is 17.2 Å². The van der Waals surface area contributed by atoms with E-state index < -0.39 is 0 Å². The Morgan fingerprint density at radius 2 is 1.92 bits per heavy atom. The fourth-order valence-corrected chi connectivity index (χ4v) is 1.10. The van der Waals surface area contributed by atoms with Crippen molar-refractivity contribution in [3.8, 4) is 17.2 Å². The molecule has 0 amide bonds. The Kier molecular flexibility index (Phi) is 2.63. The highest BCUT2D eigenvalue weighted by atomic mass is 16.5. The topological polar surface area (TPSA) is 75.7 Å². The van der Waals surface area contributed by atoms with E-state index in [9.17, 15) is 10.2 Å². The SMILES string of the molecule is COc1cc(C(C)N)c(O)cc1O. The van der Waals surface area contributed by atoms with Gasteiger partial charge in [-0.15, -0.1) is 0 Å². The first-order valence-electron chi connectivity index (χ1n) is 3.91. The van der Waals surface area contributed by atoms with Crippen molar-refractivity contribution >= 4 is 0 Å². The van der Waals surface area contributed by atoms with Crippen molar-refractivity contribution in [2.45, 2.75) is 13.0 Å². The second kappa shape index (κ2) is 3.53. The summed E-state index contributed by atoms with van der Waals surface area (Å²) in [7, 11) is 1.44. The fraction of sp³-hybridized carbons (Fsp3) is 0.333. The minimum atomic E-state index is -0.297. The Morgan fingerprint density at radius 1 is 1.31 bits per heavy atom. The molecule has 0 spiro atoms. The summed E-state index contributed by atoms with van der Waals surface area (Å²) in [5.41, 5.74) is 6.14. The van der Waals surface area contributed by atoms with Crippen LogP contribution in [0.25, 0.3) is 0 Å². The van der Waals surface area contributed by atoms with Crippen molar-refractivity contribution in [2.24, 2.45) is 5.73 Å². The minimum absolute atomic E-state index is 0.0201. The molecule has 0 saturated carbocycles. The van der Waals surface area contributed by atoms with Gasteiger partial charge >= 0.3 is 0 Å². The standard InChI is InChI=1S/C9H13NO3/c1-5(10)6-3-9(13-2)8(12)4-7(6)11/h3-5,11-12H,10H2,1-2H3. The van der Waals surface area contributed by atoms with Gasteiger partial charge in [0, 0.05) is 17.7 Å². The summed E-state index contributed by atoms with van der Waals surface area (Å²) >= 11 is 0. The van der Waals surface area contributed by atoms with Gasteiger partial charge in [-0.05, 0) is 13.0 Å². The van der Waals surface area contributed by atoms with Crippen LogP contribution in [0.15, 0.2) is 12.1 Å². The zero-order valence-corrected chi connectivity index (χ0v) is 7.61. The molecular weight excluding hydrogens is 170 g/mol. The lowest BCUT2D eigenvalue weighted by atomic mass is 10.1. The van der Waals surface area contributed by atoms with E-state index in [1.54, 1.807) is 6.92 Å². The predicted molar refractivity (Wildman–Crippen MR) is 48.9 cm³/mol. The van der Waals surface area contributed by atoms with Gasteiger partial charge in [0.2, 0.25) is 0 Å². The van der Waals surface area contributed by atoms with E-state index in [0.717, 1.165) is 0 Å². The average Bonchev–Trinajstić information content (AvgIpc) is 2.03. The zero-order valence-electron chi connectivity index (χ0n) is 7.61. The van der Waals surface area contributed by atoms with Gasteiger partial charge in [0.25, 0.3) is 0 Å². The quantitative estimate of drug-likeness (QED) is 0.642. The van der Waals surface area contributed by atoms with Gasteiger partial charge in [-0.25, -0.2) is 0 Å². The van der Waals surface area contributed by atoms with Crippen LogP contribution >= 0.6 is 0 Å². The molecule has 1 aromatic rings. The van der Waals surface area contributed by atoms with E-state index in [1.807, 2.05) is 0 Å². The number of rotatable bonds is 2. The number of ether oxygens (including phenoxy) is 1. The zero-order chi connectivity index (χ0) is 10.0. The number of phenols is 2. The van der Waals surface area contributed by atoms with Crippen LogP contribution in [0.3, 0.4) is 0 Å². The van der Waals surface area contributed by atoms with E-state index in [0.29, 0.717) is 11.3 Å². The Morgan fingerprint density at radius 3 is 2.38 bits per heavy atom. The average molecular weight is 183 g/mol. The largest absolute Gasteiger partial charge is 0.507 e. The Hall–Kier alpha value is -1.42. The summed E-state index contributed by atoms with van der Waals surface area (Å²) in [4.78, 5) is 0. The van der Waals surface area contributed by atoms with Gasteiger partial charge in [-0.1, -0.05) is 0 Å². The molecule has 0 aliphatic rings. The van der Waals surface area contributed by atoms with Crippen molar-refractivity contribution in [1.82, 2.24) is 0 Å². The van der Waals surface area contributed by atoms with Crippen molar-refractivity contribution in [3.63, 3.8) is 0 Å². The van der Waals surface area contributed by atoms with Gasteiger partial charge in [0.05, 0.1) is 7.11 Å². The van der Waals surface area contributed by atoms with Crippen LogP contribution in [0, 0.1) is 0 Å². The number of hydrogen-bond acceptors (Lipinski definition) is 4. The molecule has 4 nitrogen and oxygen atoms in total. The van der Waals surface area contributed by atoms with Crippen molar-refractivity contribution in [2.75, 3.05) is 7.11 Å². The molecule has 1 aromatic carbocycles. The number of methoxy groups -OCH3 is 1. The first kappa shape index (κ1) is 9.67. The van der Waals surface area contributed by atoms with Gasteiger partial charge in [0.1, 0.15) is 5.75 Å². The first-order chi connectivity index (χ1) is 6.06. The second-order valence-electron chi connectivity index (χ2n) is 2.87. The van der Waals surface area contributed by atoms with Gasteiger partial charge in [-0.3, -0.25) is 0 Å². The third kappa shape index (κ3) is 1.84. The molecule has 0 aromatic heterocycles. The molecule has 72 valence electrons. The molecular formula is C9H13NO3.